The van der Waals surface area contributed by atoms with E-state index < -0.39 is 23.5 Å². The van der Waals surface area contributed by atoms with Gasteiger partial charge in [0.25, 0.3) is 0 Å². The van der Waals surface area contributed by atoms with Crippen LogP contribution in [0.3, 0.4) is 0 Å². The molecule has 5 heteroatoms. The van der Waals surface area contributed by atoms with Crippen LogP contribution in [0.5, 0.6) is 0 Å². The summed E-state index contributed by atoms with van der Waals surface area (Å²) in [6.07, 6.45) is 0. The molecule has 0 amide bonds. The van der Waals surface area contributed by atoms with E-state index in [2.05, 4.69) is 10.2 Å². The van der Waals surface area contributed by atoms with Gasteiger partial charge in [-0.15, -0.1) is 0 Å². The number of nitrogens with zero attached hydrogens (tertiary/aromatic N) is 1. The van der Waals surface area contributed by atoms with Crippen molar-refractivity contribution in [3.8, 4) is 0 Å². The summed E-state index contributed by atoms with van der Waals surface area (Å²) in [5.41, 5.74) is -0.377. The molecule has 1 saturated heterocycles. The van der Waals surface area contributed by atoms with Gasteiger partial charge in [0.15, 0.2) is 0 Å². The van der Waals surface area contributed by atoms with Crippen molar-refractivity contribution in [1.29, 1.82) is 0 Å². The topological polar surface area (TPSA) is 15.3 Å². The van der Waals surface area contributed by atoms with Crippen LogP contribution in [0.2, 0.25) is 0 Å². The maximum atomic E-state index is 14.1. The first-order chi connectivity index (χ1) is 9.30. The smallest absolute Gasteiger partial charge is 0.133 e. The Labute approximate surface area is 118 Å². The first-order valence-electron chi connectivity index (χ1n) is 6.90. The van der Waals surface area contributed by atoms with Gasteiger partial charge in [0.2, 0.25) is 0 Å². The molecule has 2 rings (SSSR count). The Hall–Kier alpha value is -1.07. The molecule has 2 nitrogen and oxygen atoms in total. The van der Waals surface area contributed by atoms with Gasteiger partial charge in [-0.3, -0.25) is 4.90 Å². The van der Waals surface area contributed by atoms with E-state index in [0.29, 0.717) is 0 Å². The Morgan fingerprint density at radius 2 is 1.55 bits per heavy atom. The fraction of sp³-hybridized carbons (Fsp3) is 0.600. The summed E-state index contributed by atoms with van der Waals surface area (Å²) < 4.78 is 41.4. The quantitative estimate of drug-likeness (QED) is 0.898. The summed E-state index contributed by atoms with van der Waals surface area (Å²) in [7, 11) is 0. The second-order valence-corrected chi connectivity index (χ2v) is 6.34. The van der Waals surface area contributed by atoms with Crippen molar-refractivity contribution in [2.45, 2.75) is 26.8 Å². The zero-order chi connectivity index (χ0) is 14.9. The minimum absolute atomic E-state index is 0.0270. The molecule has 112 valence electrons. The van der Waals surface area contributed by atoms with E-state index in [9.17, 15) is 13.2 Å². The zero-order valence-electron chi connectivity index (χ0n) is 12.1. The van der Waals surface area contributed by atoms with Crippen LogP contribution in [0.25, 0.3) is 0 Å². The minimum atomic E-state index is -0.878. The standard InChI is InChI=1S/C15H21F3N2/c1-15(2,3)14(20-6-4-19-5-7-20)13-11(17)8-10(16)9-12(13)18/h8-9,14,19H,4-7H2,1-3H3/t14-/m1/s1. The van der Waals surface area contributed by atoms with Gasteiger partial charge in [-0.25, -0.2) is 13.2 Å². The van der Waals surface area contributed by atoms with Crippen molar-refractivity contribution in [1.82, 2.24) is 10.2 Å². The zero-order valence-corrected chi connectivity index (χ0v) is 12.1. The molecule has 0 aromatic heterocycles. The van der Waals surface area contributed by atoms with Gasteiger partial charge >= 0.3 is 0 Å². The number of nitrogens with one attached hydrogen (secondary N) is 1. The Kier molecular flexibility index (Phi) is 4.39. The molecule has 1 aromatic rings. The van der Waals surface area contributed by atoms with Crippen LogP contribution in [0.4, 0.5) is 13.2 Å². The molecule has 0 unspecified atom stereocenters. The lowest BCUT2D eigenvalue weighted by Gasteiger charge is -2.42. The molecule has 1 atom stereocenters. The average Bonchev–Trinajstić information content (AvgIpc) is 2.33. The molecule has 1 N–H and O–H groups in total. The third kappa shape index (κ3) is 3.15. The number of benzene rings is 1. The van der Waals surface area contributed by atoms with Crippen LogP contribution in [0.1, 0.15) is 32.4 Å². The van der Waals surface area contributed by atoms with Crippen LogP contribution in [0, 0.1) is 22.9 Å². The highest BCUT2D eigenvalue weighted by molar-refractivity contribution is 5.26. The predicted octanol–water partition coefficient (Wildman–Crippen LogP) is 3.10. The molecular weight excluding hydrogens is 265 g/mol. The molecule has 1 fully saturated rings. The maximum absolute atomic E-state index is 14.1. The van der Waals surface area contributed by atoms with Crippen LogP contribution in [0.15, 0.2) is 12.1 Å². The molecule has 1 aliphatic rings. The van der Waals surface area contributed by atoms with Gasteiger partial charge in [-0.1, -0.05) is 20.8 Å². The van der Waals surface area contributed by atoms with Gasteiger partial charge in [0.1, 0.15) is 17.5 Å². The molecule has 0 bridgehead atoms. The lowest BCUT2D eigenvalue weighted by atomic mass is 9.80. The van der Waals surface area contributed by atoms with E-state index in [1.54, 1.807) is 0 Å². The molecule has 0 radical (unpaired) electrons. The van der Waals surface area contributed by atoms with E-state index in [0.717, 1.165) is 38.3 Å². The molecule has 1 aromatic carbocycles. The van der Waals surface area contributed by atoms with Crippen LogP contribution in [-0.4, -0.2) is 31.1 Å². The van der Waals surface area contributed by atoms with Gasteiger partial charge in [0.05, 0.1) is 0 Å². The largest absolute Gasteiger partial charge is 0.314 e. The lowest BCUT2D eigenvalue weighted by molar-refractivity contribution is 0.0803. The van der Waals surface area contributed by atoms with Gasteiger partial charge in [0, 0.05) is 49.9 Å². The molecule has 1 aliphatic heterocycles. The van der Waals surface area contributed by atoms with E-state index in [4.69, 9.17) is 0 Å². The Balaban J connectivity index is 2.46. The van der Waals surface area contributed by atoms with Crippen molar-refractivity contribution in [2.75, 3.05) is 26.2 Å². The Bertz CT molecular complexity index is 453. The second-order valence-electron chi connectivity index (χ2n) is 6.34. The molecular formula is C15H21F3N2. The highest BCUT2D eigenvalue weighted by Gasteiger charge is 2.36. The van der Waals surface area contributed by atoms with E-state index >= 15 is 0 Å². The number of halogens is 3. The summed E-state index contributed by atoms with van der Waals surface area (Å²) in [4.78, 5) is 2.07. The van der Waals surface area contributed by atoms with Crippen molar-refractivity contribution < 1.29 is 13.2 Å². The second kappa shape index (κ2) is 5.74. The fourth-order valence-corrected chi connectivity index (χ4v) is 2.92. The minimum Gasteiger partial charge on any atom is -0.314 e. The number of hydrogen-bond donors (Lipinski definition) is 1. The SMILES string of the molecule is CC(C)(C)[C@@H](c1c(F)cc(F)cc1F)N1CCNCC1. The molecule has 0 spiro atoms. The molecule has 20 heavy (non-hydrogen) atoms. The van der Waals surface area contributed by atoms with Gasteiger partial charge in [-0.2, -0.15) is 0 Å². The van der Waals surface area contributed by atoms with Gasteiger partial charge in [-0.05, 0) is 5.41 Å². The number of hydrogen-bond acceptors (Lipinski definition) is 2. The molecule has 0 aliphatic carbocycles. The lowest BCUT2D eigenvalue weighted by Crippen LogP contribution is -2.48. The highest BCUT2D eigenvalue weighted by Crippen LogP contribution is 2.40. The van der Waals surface area contributed by atoms with Crippen molar-refractivity contribution in [3.63, 3.8) is 0 Å². The Morgan fingerprint density at radius 1 is 1.05 bits per heavy atom. The monoisotopic (exact) mass is 286 g/mol. The highest BCUT2D eigenvalue weighted by atomic mass is 19.1. The Morgan fingerprint density at radius 3 is 2.00 bits per heavy atom. The van der Waals surface area contributed by atoms with Crippen molar-refractivity contribution in [3.05, 3.63) is 35.1 Å². The van der Waals surface area contributed by atoms with E-state index in [1.807, 2.05) is 20.8 Å². The van der Waals surface area contributed by atoms with Crippen LogP contribution < -0.4 is 5.32 Å². The number of rotatable bonds is 2. The van der Waals surface area contributed by atoms with Crippen molar-refractivity contribution >= 4 is 0 Å². The summed E-state index contributed by atoms with van der Waals surface area (Å²) >= 11 is 0. The molecule has 1 heterocycles. The predicted molar refractivity (Wildman–Crippen MR) is 73.0 cm³/mol. The first kappa shape index (κ1) is 15.3. The summed E-state index contributed by atoms with van der Waals surface area (Å²) in [5, 5.41) is 3.22. The van der Waals surface area contributed by atoms with E-state index in [-0.39, 0.29) is 11.0 Å². The van der Waals surface area contributed by atoms with Gasteiger partial charge < -0.3 is 5.32 Å². The van der Waals surface area contributed by atoms with Crippen LogP contribution >= 0.6 is 0 Å². The van der Waals surface area contributed by atoms with E-state index in [1.165, 1.54) is 0 Å². The fourth-order valence-electron chi connectivity index (χ4n) is 2.92. The average molecular weight is 286 g/mol. The number of piperazine rings is 1. The maximum Gasteiger partial charge on any atom is 0.133 e. The van der Waals surface area contributed by atoms with Crippen LogP contribution in [-0.2, 0) is 0 Å². The summed E-state index contributed by atoms with van der Waals surface area (Å²) in [5.74, 6) is -2.49. The summed E-state index contributed by atoms with van der Waals surface area (Å²) in [6.45, 7) is 8.86. The third-order valence-electron chi connectivity index (χ3n) is 3.65. The molecule has 0 saturated carbocycles. The first-order valence-corrected chi connectivity index (χ1v) is 6.90. The summed E-state index contributed by atoms with van der Waals surface area (Å²) in [6, 6.07) is 1.11. The van der Waals surface area contributed by atoms with Crippen molar-refractivity contribution in [2.24, 2.45) is 5.41 Å². The third-order valence-corrected chi connectivity index (χ3v) is 3.65. The normalized spacial score (nSPS) is 19.1.